The predicted octanol–water partition coefficient (Wildman–Crippen LogP) is 2.62. The Kier molecular flexibility index (Phi) is 4.33. The summed E-state index contributed by atoms with van der Waals surface area (Å²) in [6.45, 7) is 3.54. The zero-order valence-corrected chi connectivity index (χ0v) is 8.25. The van der Waals surface area contributed by atoms with E-state index in [-0.39, 0.29) is 0 Å². The Balaban J connectivity index is 2.48. The van der Waals surface area contributed by atoms with Gasteiger partial charge in [-0.15, -0.1) is 0 Å². The highest BCUT2D eigenvalue weighted by Crippen LogP contribution is 2.12. The molecule has 1 aromatic rings. The van der Waals surface area contributed by atoms with Gasteiger partial charge < -0.3 is 9.47 Å². The fourth-order valence-corrected chi connectivity index (χ4v) is 1.07. The molecule has 0 aliphatic carbocycles. The summed E-state index contributed by atoms with van der Waals surface area (Å²) in [5, 5.41) is 0. The molecule has 1 rings (SSSR count). The molecule has 0 atom stereocenters. The van der Waals surface area contributed by atoms with Crippen molar-refractivity contribution in [2.75, 3.05) is 13.7 Å². The van der Waals surface area contributed by atoms with Gasteiger partial charge in [0.25, 0.3) is 0 Å². The van der Waals surface area contributed by atoms with Crippen molar-refractivity contribution >= 4 is 0 Å². The van der Waals surface area contributed by atoms with Crippen molar-refractivity contribution in [3.05, 3.63) is 29.8 Å². The van der Waals surface area contributed by atoms with Crippen LogP contribution in [0, 0.1) is 0 Å². The number of hydrogen-bond donors (Lipinski definition) is 0. The molecule has 0 saturated carbocycles. The summed E-state index contributed by atoms with van der Waals surface area (Å²) < 4.78 is 10.5. The Labute approximate surface area is 79.5 Å². The van der Waals surface area contributed by atoms with Crippen molar-refractivity contribution in [3.63, 3.8) is 0 Å². The molecule has 0 aromatic heterocycles. The van der Waals surface area contributed by atoms with Crippen molar-refractivity contribution in [1.29, 1.82) is 0 Å². The molecule has 0 N–H and O–H groups in total. The number of benzene rings is 1. The van der Waals surface area contributed by atoms with Crippen molar-refractivity contribution in [2.24, 2.45) is 0 Å². The van der Waals surface area contributed by atoms with Gasteiger partial charge in [-0.2, -0.15) is 0 Å². The van der Waals surface area contributed by atoms with Gasteiger partial charge in [-0.25, -0.2) is 0 Å². The molecule has 72 valence electrons. The van der Waals surface area contributed by atoms with E-state index in [2.05, 4.69) is 6.92 Å². The average Bonchev–Trinajstić information content (AvgIpc) is 2.17. The third-order valence-electron chi connectivity index (χ3n) is 1.71. The maximum absolute atomic E-state index is 5.45. The molecular weight excluding hydrogens is 164 g/mol. The summed E-state index contributed by atoms with van der Waals surface area (Å²) in [5.41, 5.74) is 1.17. The summed E-state index contributed by atoms with van der Waals surface area (Å²) in [6.07, 6.45) is 1.04. The minimum atomic E-state index is 0.661. The highest BCUT2D eigenvalue weighted by molar-refractivity contribution is 5.26. The predicted molar refractivity (Wildman–Crippen MR) is 52.9 cm³/mol. The zero-order chi connectivity index (χ0) is 9.52. The summed E-state index contributed by atoms with van der Waals surface area (Å²) >= 11 is 0. The molecule has 2 nitrogen and oxygen atoms in total. The van der Waals surface area contributed by atoms with E-state index < -0.39 is 0 Å². The van der Waals surface area contributed by atoms with Crippen LogP contribution in [0.3, 0.4) is 0 Å². The Bertz CT molecular complexity index is 228. The minimum Gasteiger partial charge on any atom is -0.494 e. The van der Waals surface area contributed by atoms with Gasteiger partial charge in [-0.05, 0) is 24.1 Å². The number of ether oxygens (including phenoxy) is 2. The topological polar surface area (TPSA) is 18.5 Å². The Hall–Kier alpha value is -1.02. The van der Waals surface area contributed by atoms with Crippen LogP contribution in [0.1, 0.15) is 18.9 Å². The van der Waals surface area contributed by atoms with E-state index >= 15 is 0 Å². The molecule has 0 fully saturated rings. The third-order valence-corrected chi connectivity index (χ3v) is 1.71. The van der Waals surface area contributed by atoms with Gasteiger partial charge in [0.2, 0.25) is 0 Å². The van der Waals surface area contributed by atoms with Gasteiger partial charge in [0.15, 0.2) is 0 Å². The van der Waals surface area contributed by atoms with E-state index in [1.54, 1.807) is 7.11 Å². The van der Waals surface area contributed by atoms with Gasteiger partial charge in [0.05, 0.1) is 13.2 Å². The Morgan fingerprint density at radius 1 is 1.15 bits per heavy atom. The molecule has 0 aliphatic heterocycles. The molecule has 0 amide bonds. The van der Waals surface area contributed by atoms with Gasteiger partial charge in [-0.1, -0.05) is 19.1 Å². The lowest BCUT2D eigenvalue weighted by molar-refractivity contribution is 0.185. The number of methoxy groups -OCH3 is 1. The highest BCUT2D eigenvalue weighted by atomic mass is 16.5. The van der Waals surface area contributed by atoms with E-state index in [4.69, 9.17) is 9.47 Å². The van der Waals surface area contributed by atoms with Gasteiger partial charge in [-0.3, -0.25) is 0 Å². The lowest BCUT2D eigenvalue weighted by Crippen LogP contribution is -1.95. The number of hydrogen-bond acceptors (Lipinski definition) is 2. The third kappa shape index (κ3) is 3.47. The first kappa shape index (κ1) is 10.1. The second-order valence-electron chi connectivity index (χ2n) is 2.93. The molecular formula is C11H16O2. The molecule has 0 spiro atoms. The molecule has 0 unspecified atom stereocenters. The molecule has 2 heteroatoms. The smallest absolute Gasteiger partial charge is 0.119 e. The van der Waals surface area contributed by atoms with Crippen LogP contribution in [0.4, 0.5) is 0 Å². The van der Waals surface area contributed by atoms with Crippen molar-refractivity contribution in [1.82, 2.24) is 0 Å². The van der Waals surface area contributed by atoms with E-state index in [9.17, 15) is 0 Å². The van der Waals surface area contributed by atoms with Crippen LogP contribution in [-0.4, -0.2) is 13.7 Å². The van der Waals surface area contributed by atoms with Crippen LogP contribution in [-0.2, 0) is 11.3 Å². The summed E-state index contributed by atoms with van der Waals surface area (Å²) in [5.74, 6) is 0.932. The monoisotopic (exact) mass is 180 g/mol. The van der Waals surface area contributed by atoms with Crippen LogP contribution < -0.4 is 4.74 Å². The average molecular weight is 180 g/mol. The largest absolute Gasteiger partial charge is 0.494 e. The lowest BCUT2D eigenvalue weighted by Gasteiger charge is -2.05. The molecule has 13 heavy (non-hydrogen) atoms. The van der Waals surface area contributed by atoms with Crippen LogP contribution >= 0.6 is 0 Å². The van der Waals surface area contributed by atoms with Crippen LogP contribution in [0.5, 0.6) is 5.75 Å². The minimum absolute atomic E-state index is 0.661. The van der Waals surface area contributed by atoms with Crippen molar-refractivity contribution in [3.8, 4) is 5.75 Å². The first-order chi connectivity index (χ1) is 6.36. The maximum atomic E-state index is 5.45. The van der Waals surface area contributed by atoms with E-state index in [1.807, 2.05) is 24.3 Å². The van der Waals surface area contributed by atoms with Crippen molar-refractivity contribution < 1.29 is 9.47 Å². The number of rotatable bonds is 5. The van der Waals surface area contributed by atoms with Gasteiger partial charge >= 0.3 is 0 Å². The molecule has 0 saturated heterocycles. The van der Waals surface area contributed by atoms with Gasteiger partial charge in [0.1, 0.15) is 5.75 Å². The molecule has 0 radical (unpaired) electrons. The van der Waals surface area contributed by atoms with Crippen molar-refractivity contribution in [2.45, 2.75) is 20.0 Å². The second kappa shape index (κ2) is 5.60. The SMILES string of the molecule is CCCOc1ccc(COC)cc1. The lowest BCUT2D eigenvalue weighted by atomic mass is 10.2. The molecule has 1 aromatic carbocycles. The zero-order valence-electron chi connectivity index (χ0n) is 8.25. The summed E-state index contributed by atoms with van der Waals surface area (Å²) in [4.78, 5) is 0. The van der Waals surface area contributed by atoms with E-state index in [0.29, 0.717) is 6.61 Å². The first-order valence-electron chi connectivity index (χ1n) is 4.57. The second-order valence-corrected chi connectivity index (χ2v) is 2.93. The van der Waals surface area contributed by atoms with E-state index in [1.165, 1.54) is 5.56 Å². The first-order valence-corrected chi connectivity index (χ1v) is 4.57. The Morgan fingerprint density at radius 3 is 2.38 bits per heavy atom. The fourth-order valence-electron chi connectivity index (χ4n) is 1.07. The van der Waals surface area contributed by atoms with Crippen LogP contribution in [0.2, 0.25) is 0 Å². The molecule has 0 bridgehead atoms. The normalized spacial score (nSPS) is 10.0. The van der Waals surface area contributed by atoms with Crippen LogP contribution in [0.25, 0.3) is 0 Å². The maximum Gasteiger partial charge on any atom is 0.119 e. The summed E-state index contributed by atoms with van der Waals surface area (Å²) in [7, 11) is 1.70. The highest BCUT2D eigenvalue weighted by Gasteiger charge is 1.93. The Morgan fingerprint density at radius 2 is 1.85 bits per heavy atom. The molecule has 0 aliphatic rings. The standard InChI is InChI=1S/C11H16O2/c1-3-8-13-11-6-4-10(5-7-11)9-12-2/h4-7H,3,8-9H2,1-2H3. The fraction of sp³-hybridized carbons (Fsp3) is 0.455. The van der Waals surface area contributed by atoms with Crippen LogP contribution in [0.15, 0.2) is 24.3 Å². The molecule has 0 heterocycles. The summed E-state index contributed by atoms with van der Waals surface area (Å²) in [6, 6.07) is 8.00. The van der Waals surface area contributed by atoms with E-state index in [0.717, 1.165) is 18.8 Å². The van der Waals surface area contributed by atoms with Gasteiger partial charge in [0, 0.05) is 7.11 Å². The quantitative estimate of drug-likeness (QED) is 0.693.